The Morgan fingerprint density at radius 1 is 1.19 bits per heavy atom. The van der Waals surface area contributed by atoms with Crippen LogP contribution in [0.25, 0.3) is 10.9 Å². The van der Waals surface area contributed by atoms with Crippen molar-refractivity contribution in [3.8, 4) is 0 Å². The highest BCUT2D eigenvalue weighted by Gasteiger charge is 2.15. The van der Waals surface area contributed by atoms with Crippen molar-refractivity contribution in [2.75, 3.05) is 13.1 Å². The summed E-state index contributed by atoms with van der Waals surface area (Å²) in [5.41, 5.74) is 1.38. The van der Waals surface area contributed by atoms with Crippen LogP contribution in [0, 0.1) is 3.57 Å². The molecule has 2 nitrogen and oxygen atoms in total. The molecule has 1 aromatic heterocycles. The highest BCUT2D eigenvalue weighted by Crippen LogP contribution is 2.26. The second-order valence-corrected chi connectivity index (χ2v) is 5.65. The number of benzene rings is 1. The van der Waals surface area contributed by atoms with Gasteiger partial charge in [-0.2, -0.15) is 0 Å². The minimum absolute atomic E-state index is 0.679. The molecule has 1 saturated heterocycles. The van der Waals surface area contributed by atoms with Crippen LogP contribution in [0.5, 0.6) is 0 Å². The van der Waals surface area contributed by atoms with Crippen molar-refractivity contribution in [1.29, 1.82) is 0 Å². The first kappa shape index (κ1) is 10.6. The molecule has 0 radical (unpaired) electrons. The summed E-state index contributed by atoms with van der Waals surface area (Å²) in [5, 5.41) is 4.79. The van der Waals surface area contributed by atoms with Gasteiger partial charge in [-0.3, -0.25) is 0 Å². The Bertz CT molecular complexity index is 498. The van der Waals surface area contributed by atoms with Gasteiger partial charge in [-0.25, -0.2) is 0 Å². The molecule has 1 aromatic carbocycles. The fourth-order valence-electron chi connectivity index (χ4n) is 2.54. The topological polar surface area (TPSA) is 17.0 Å². The number of rotatable bonds is 1. The van der Waals surface area contributed by atoms with Crippen molar-refractivity contribution in [3.05, 3.63) is 34.0 Å². The number of nitrogens with one attached hydrogen (secondary N) is 1. The van der Waals surface area contributed by atoms with E-state index in [1.54, 1.807) is 0 Å². The first-order valence-electron chi connectivity index (χ1n) is 5.81. The van der Waals surface area contributed by atoms with Crippen molar-refractivity contribution in [2.45, 2.75) is 18.9 Å². The third-order valence-electron chi connectivity index (χ3n) is 3.38. The molecule has 0 saturated carbocycles. The average molecular weight is 326 g/mol. The van der Waals surface area contributed by atoms with Crippen molar-refractivity contribution in [3.63, 3.8) is 0 Å². The number of piperidine rings is 1. The van der Waals surface area contributed by atoms with Crippen LogP contribution in [0.1, 0.15) is 18.9 Å². The van der Waals surface area contributed by atoms with Gasteiger partial charge in [0.2, 0.25) is 0 Å². The fourth-order valence-corrected chi connectivity index (χ4v) is 3.05. The van der Waals surface area contributed by atoms with E-state index in [0.29, 0.717) is 6.04 Å². The molecule has 0 bridgehead atoms. The number of hydrogen-bond acceptors (Lipinski definition) is 1. The average Bonchev–Trinajstić information content (AvgIpc) is 2.73. The summed E-state index contributed by atoms with van der Waals surface area (Å²) in [6.07, 6.45) is 4.74. The summed E-state index contributed by atoms with van der Waals surface area (Å²) in [4.78, 5) is 0. The lowest BCUT2D eigenvalue weighted by atomic mass is 10.1. The second kappa shape index (κ2) is 4.37. The number of nitrogens with zero attached hydrogens (tertiary/aromatic N) is 1. The van der Waals surface area contributed by atoms with E-state index in [1.165, 1.54) is 27.3 Å². The molecule has 0 unspecified atom stereocenters. The normalized spacial score (nSPS) is 18.1. The third-order valence-corrected chi connectivity index (χ3v) is 4.06. The Morgan fingerprint density at radius 3 is 2.81 bits per heavy atom. The molecule has 2 heterocycles. The van der Waals surface area contributed by atoms with E-state index in [4.69, 9.17) is 0 Å². The molecule has 16 heavy (non-hydrogen) atoms. The van der Waals surface area contributed by atoms with E-state index in [9.17, 15) is 0 Å². The van der Waals surface area contributed by atoms with Gasteiger partial charge >= 0.3 is 0 Å². The standard InChI is InChI=1S/C13H15IN2/c14-11-1-2-13-10(9-11)5-8-16(13)12-3-6-15-7-4-12/h1-2,5,8-9,12,15H,3-4,6-7H2. The van der Waals surface area contributed by atoms with E-state index in [2.05, 4.69) is 62.9 Å². The van der Waals surface area contributed by atoms with Crippen molar-refractivity contribution in [2.24, 2.45) is 0 Å². The van der Waals surface area contributed by atoms with Crippen LogP contribution >= 0.6 is 22.6 Å². The quantitative estimate of drug-likeness (QED) is 0.797. The van der Waals surface area contributed by atoms with Gasteiger partial charge in [0.25, 0.3) is 0 Å². The van der Waals surface area contributed by atoms with Crippen LogP contribution in [-0.4, -0.2) is 17.7 Å². The molecular weight excluding hydrogens is 311 g/mol. The molecule has 0 spiro atoms. The molecule has 2 aromatic rings. The Kier molecular flexibility index (Phi) is 2.90. The van der Waals surface area contributed by atoms with Crippen LogP contribution in [0.2, 0.25) is 0 Å². The number of aromatic nitrogens is 1. The Labute approximate surface area is 109 Å². The maximum atomic E-state index is 3.42. The predicted molar refractivity (Wildman–Crippen MR) is 75.8 cm³/mol. The molecule has 0 aliphatic carbocycles. The molecule has 1 N–H and O–H groups in total. The van der Waals surface area contributed by atoms with Crippen LogP contribution in [0.3, 0.4) is 0 Å². The molecule has 3 heteroatoms. The first-order valence-corrected chi connectivity index (χ1v) is 6.89. The van der Waals surface area contributed by atoms with Gasteiger partial charge in [-0.15, -0.1) is 0 Å². The first-order chi connectivity index (χ1) is 7.84. The fraction of sp³-hybridized carbons (Fsp3) is 0.385. The Morgan fingerprint density at radius 2 is 2.00 bits per heavy atom. The van der Waals surface area contributed by atoms with Gasteiger partial charge in [-0.1, -0.05) is 0 Å². The molecule has 0 atom stereocenters. The van der Waals surface area contributed by atoms with E-state index in [0.717, 1.165) is 13.1 Å². The Balaban J connectivity index is 2.03. The predicted octanol–water partition coefficient (Wildman–Crippen LogP) is 3.17. The van der Waals surface area contributed by atoms with E-state index >= 15 is 0 Å². The molecule has 1 aliphatic heterocycles. The third kappa shape index (κ3) is 1.86. The zero-order valence-corrected chi connectivity index (χ0v) is 11.3. The molecule has 1 aliphatic rings. The highest BCUT2D eigenvalue weighted by atomic mass is 127. The van der Waals surface area contributed by atoms with Gasteiger partial charge < -0.3 is 9.88 Å². The minimum atomic E-state index is 0.679. The summed E-state index contributed by atoms with van der Waals surface area (Å²) >= 11 is 2.37. The molecule has 84 valence electrons. The summed E-state index contributed by atoms with van der Waals surface area (Å²) in [5.74, 6) is 0. The zero-order valence-electron chi connectivity index (χ0n) is 9.12. The largest absolute Gasteiger partial charge is 0.344 e. The second-order valence-electron chi connectivity index (χ2n) is 4.41. The lowest BCUT2D eigenvalue weighted by Crippen LogP contribution is -2.29. The minimum Gasteiger partial charge on any atom is -0.344 e. The van der Waals surface area contributed by atoms with Gasteiger partial charge in [-0.05, 0) is 72.8 Å². The van der Waals surface area contributed by atoms with Gasteiger partial charge in [0, 0.05) is 26.7 Å². The maximum absolute atomic E-state index is 3.42. The monoisotopic (exact) mass is 326 g/mol. The highest BCUT2D eigenvalue weighted by molar-refractivity contribution is 14.1. The number of hydrogen-bond donors (Lipinski definition) is 1. The van der Waals surface area contributed by atoms with Crippen molar-refractivity contribution < 1.29 is 0 Å². The molecular formula is C13H15IN2. The lowest BCUT2D eigenvalue weighted by molar-refractivity contribution is 0.376. The van der Waals surface area contributed by atoms with Gasteiger partial charge in [0.1, 0.15) is 0 Å². The molecule has 0 amide bonds. The summed E-state index contributed by atoms with van der Waals surface area (Å²) in [6, 6.07) is 9.62. The van der Waals surface area contributed by atoms with Crippen LogP contribution in [0.15, 0.2) is 30.5 Å². The van der Waals surface area contributed by atoms with E-state index in [1.807, 2.05) is 0 Å². The van der Waals surface area contributed by atoms with E-state index in [-0.39, 0.29) is 0 Å². The smallest absolute Gasteiger partial charge is 0.0483 e. The Hall–Kier alpha value is -0.550. The summed E-state index contributed by atoms with van der Waals surface area (Å²) < 4.78 is 3.76. The van der Waals surface area contributed by atoms with Crippen LogP contribution in [0.4, 0.5) is 0 Å². The zero-order chi connectivity index (χ0) is 11.0. The molecule has 3 rings (SSSR count). The van der Waals surface area contributed by atoms with E-state index < -0.39 is 0 Å². The van der Waals surface area contributed by atoms with Crippen molar-refractivity contribution >= 4 is 33.5 Å². The summed E-state index contributed by atoms with van der Waals surface area (Å²) in [7, 11) is 0. The van der Waals surface area contributed by atoms with Crippen molar-refractivity contribution in [1.82, 2.24) is 9.88 Å². The maximum Gasteiger partial charge on any atom is 0.0483 e. The van der Waals surface area contributed by atoms with Gasteiger partial charge in [0.15, 0.2) is 0 Å². The van der Waals surface area contributed by atoms with Gasteiger partial charge in [0.05, 0.1) is 0 Å². The lowest BCUT2D eigenvalue weighted by Gasteiger charge is -2.25. The number of fused-ring (bicyclic) bond motifs is 1. The van der Waals surface area contributed by atoms with Crippen LogP contribution < -0.4 is 5.32 Å². The SMILES string of the molecule is Ic1ccc2c(ccn2C2CCNCC2)c1. The number of halogens is 1. The molecule has 1 fully saturated rings. The van der Waals surface area contributed by atoms with Crippen LogP contribution in [-0.2, 0) is 0 Å². The summed E-state index contributed by atoms with van der Waals surface area (Å²) in [6.45, 7) is 2.30.